The Bertz CT molecular complexity index is 965. The number of likely N-dealkylation sites (N-methyl/N-ethyl adjacent to an activating group) is 1. The lowest BCUT2D eigenvalue weighted by Crippen LogP contribution is -2.55. The second-order valence-electron chi connectivity index (χ2n) is 8.98. The van der Waals surface area contributed by atoms with Crippen molar-refractivity contribution in [1.29, 1.82) is 0 Å². The number of carbonyl (C=O) groups is 2. The first-order chi connectivity index (χ1) is 15.6. The minimum atomic E-state index is -1.28. The van der Waals surface area contributed by atoms with Gasteiger partial charge in [0.25, 0.3) is 0 Å². The molecular weight excluding hydrogens is 424 g/mol. The molecule has 0 fully saturated rings. The fourth-order valence-corrected chi connectivity index (χ4v) is 3.59. The van der Waals surface area contributed by atoms with Gasteiger partial charge < -0.3 is 15.1 Å². The van der Waals surface area contributed by atoms with Crippen LogP contribution < -0.4 is 10.7 Å². The highest BCUT2D eigenvalue weighted by atomic mass is 16.4. The summed E-state index contributed by atoms with van der Waals surface area (Å²) in [4.78, 5) is 40.4. The van der Waals surface area contributed by atoms with Crippen LogP contribution in [0.2, 0.25) is 0 Å². The van der Waals surface area contributed by atoms with Gasteiger partial charge in [-0.1, -0.05) is 44.2 Å². The summed E-state index contributed by atoms with van der Waals surface area (Å²) in [5.74, 6) is -1.94. The molecule has 0 bridgehead atoms. The molecule has 0 aliphatic rings. The Morgan fingerprint density at radius 1 is 1.09 bits per heavy atom. The van der Waals surface area contributed by atoms with Gasteiger partial charge in [-0.3, -0.25) is 9.36 Å². The zero-order chi connectivity index (χ0) is 24.5. The van der Waals surface area contributed by atoms with Crippen LogP contribution in [-0.4, -0.2) is 62.9 Å². The first kappa shape index (κ1) is 26.2. The maximum atomic E-state index is 13.2. The summed E-state index contributed by atoms with van der Waals surface area (Å²) in [5.41, 5.74) is 0.427. The van der Waals surface area contributed by atoms with E-state index in [9.17, 15) is 24.6 Å². The summed E-state index contributed by atoms with van der Waals surface area (Å²) in [7, 11) is 3.72. The molecule has 182 valence electrons. The van der Waals surface area contributed by atoms with E-state index < -0.39 is 29.5 Å². The van der Waals surface area contributed by atoms with Gasteiger partial charge in [-0.05, 0) is 51.3 Å². The van der Waals surface area contributed by atoms with E-state index in [1.54, 1.807) is 0 Å². The van der Waals surface area contributed by atoms with Crippen molar-refractivity contribution in [2.45, 2.75) is 58.5 Å². The number of aromatic nitrogens is 2. The fourth-order valence-electron chi connectivity index (χ4n) is 3.59. The number of benzene rings is 1. The van der Waals surface area contributed by atoms with Gasteiger partial charge in [-0.15, -0.1) is 0 Å². The van der Waals surface area contributed by atoms with Gasteiger partial charge in [-0.25, -0.2) is 14.6 Å². The molecule has 0 radical (unpaired) electrons. The number of aryl methyl sites for hydroxylation is 1. The van der Waals surface area contributed by atoms with E-state index in [4.69, 9.17) is 0 Å². The molecule has 1 aromatic carbocycles. The number of carboxylic acid groups (broad SMARTS) is 1. The molecule has 0 aliphatic carbocycles. The highest BCUT2D eigenvalue weighted by Gasteiger charge is 2.34. The molecule has 2 rings (SSSR count). The Labute approximate surface area is 194 Å². The molecule has 1 atom stereocenters. The Morgan fingerprint density at radius 2 is 1.76 bits per heavy atom. The van der Waals surface area contributed by atoms with Crippen LogP contribution in [0.4, 0.5) is 0 Å². The van der Waals surface area contributed by atoms with Crippen LogP contribution in [0.1, 0.15) is 45.1 Å². The number of rotatable bonds is 13. The maximum Gasteiger partial charge on any atom is 0.350 e. The number of hydrogen-bond donors (Lipinski definition) is 2. The molecule has 0 saturated heterocycles. The number of amides is 1. The van der Waals surface area contributed by atoms with Crippen molar-refractivity contribution in [1.82, 2.24) is 14.1 Å². The molecule has 1 amide bonds. The van der Waals surface area contributed by atoms with Gasteiger partial charge in [0, 0.05) is 19.5 Å². The van der Waals surface area contributed by atoms with E-state index in [0.29, 0.717) is 32.4 Å². The third kappa shape index (κ3) is 7.49. The highest BCUT2D eigenvalue weighted by molar-refractivity contribution is 5.92. The SMILES string of the molecule is CC(C)CCC(=O)N([C@@H](CCCc1ccccc1)C(=O)O)n1c(O)cn(CCN(C)C)c1=O. The zero-order valence-electron chi connectivity index (χ0n) is 20.0. The summed E-state index contributed by atoms with van der Waals surface area (Å²) in [6, 6.07) is 8.39. The second-order valence-corrected chi connectivity index (χ2v) is 8.98. The average molecular weight is 461 g/mol. The van der Waals surface area contributed by atoms with Gasteiger partial charge in [-0.2, -0.15) is 4.68 Å². The molecule has 1 aromatic heterocycles. The predicted molar refractivity (Wildman–Crippen MR) is 127 cm³/mol. The van der Waals surface area contributed by atoms with Crippen LogP contribution >= 0.6 is 0 Å². The quantitative estimate of drug-likeness (QED) is 0.475. The van der Waals surface area contributed by atoms with E-state index in [1.807, 2.05) is 63.2 Å². The molecule has 33 heavy (non-hydrogen) atoms. The number of hydrogen-bond acceptors (Lipinski definition) is 5. The molecule has 0 spiro atoms. The Morgan fingerprint density at radius 3 is 2.33 bits per heavy atom. The second kappa shape index (κ2) is 12.2. The summed E-state index contributed by atoms with van der Waals surface area (Å²) < 4.78 is 2.11. The lowest BCUT2D eigenvalue weighted by Gasteiger charge is -2.29. The number of carboxylic acids is 1. The van der Waals surface area contributed by atoms with Gasteiger partial charge in [0.05, 0.1) is 6.20 Å². The highest BCUT2D eigenvalue weighted by Crippen LogP contribution is 2.17. The Kier molecular flexibility index (Phi) is 9.72. The molecule has 0 saturated carbocycles. The van der Waals surface area contributed by atoms with E-state index in [2.05, 4.69) is 0 Å². The van der Waals surface area contributed by atoms with Crippen LogP contribution in [0, 0.1) is 5.92 Å². The summed E-state index contributed by atoms with van der Waals surface area (Å²) in [6.07, 6.45) is 3.16. The molecule has 0 unspecified atom stereocenters. The van der Waals surface area contributed by atoms with Gasteiger partial charge >= 0.3 is 11.7 Å². The van der Waals surface area contributed by atoms with Crippen molar-refractivity contribution in [3.05, 3.63) is 52.6 Å². The number of imidazole rings is 1. The number of aliphatic carboxylic acids is 1. The van der Waals surface area contributed by atoms with Gasteiger partial charge in [0.1, 0.15) is 0 Å². The van der Waals surface area contributed by atoms with Crippen LogP contribution in [-0.2, 0) is 22.6 Å². The minimum Gasteiger partial charge on any atom is -0.492 e. The summed E-state index contributed by atoms with van der Waals surface area (Å²) in [6.45, 7) is 4.78. The van der Waals surface area contributed by atoms with Crippen LogP contribution in [0.5, 0.6) is 5.88 Å². The average Bonchev–Trinajstić information content (AvgIpc) is 3.03. The topological polar surface area (TPSA) is 108 Å². The Hall–Kier alpha value is -3.07. The molecule has 2 N–H and O–H groups in total. The lowest BCUT2D eigenvalue weighted by atomic mass is 10.0. The fraction of sp³-hybridized carbons (Fsp3) is 0.542. The van der Waals surface area contributed by atoms with Gasteiger partial charge in [0.2, 0.25) is 11.8 Å². The van der Waals surface area contributed by atoms with Crippen molar-refractivity contribution < 1.29 is 19.8 Å². The van der Waals surface area contributed by atoms with E-state index in [0.717, 1.165) is 15.2 Å². The van der Waals surface area contributed by atoms with Gasteiger partial charge in [0.15, 0.2) is 6.04 Å². The van der Waals surface area contributed by atoms with Crippen LogP contribution in [0.25, 0.3) is 0 Å². The Balaban J connectivity index is 2.36. The van der Waals surface area contributed by atoms with Crippen molar-refractivity contribution >= 4 is 11.9 Å². The predicted octanol–water partition coefficient (Wildman–Crippen LogP) is 2.29. The van der Waals surface area contributed by atoms with Crippen molar-refractivity contribution in [2.75, 3.05) is 25.6 Å². The van der Waals surface area contributed by atoms with Crippen molar-refractivity contribution in [3.8, 4) is 5.88 Å². The normalized spacial score (nSPS) is 12.3. The standard InChI is InChI=1S/C24H36N4O5/c1-18(2)13-14-21(29)27(28-22(30)17-26(24(28)33)16-15-25(3)4)20(23(31)32)12-8-11-19-9-6-5-7-10-19/h5-7,9-10,17-18,20,30H,8,11-16H2,1-4H3,(H,31,32)/t20-/m0/s1. The number of aromatic hydroxyl groups is 1. The van der Waals surface area contributed by atoms with Crippen molar-refractivity contribution in [3.63, 3.8) is 0 Å². The van der Waals surface area contributed by atoms with E-state index in [1.165, 1.54) is 10.8 Å². The van der Waals surface area contributed by atoms with E-state index in [-0.39, 0.29) is 18.8 Å². The third-order valence-corrected chi connectivity index (χ3v) is 5.48. The smallest absolute Gasteiger partial charge is 0.350 e. The first-order valence-electron chi connectivity index (χ1n) is 11.4. The molecule has 2 aromatic rings. The maximum absolute atomic E-state index is 13.2. The molecule has 9 heteroatoms. The molecule has 1 heterocycles. The largest absolute Gasteiger partial charge is 0.492 e. The molecule has 9 nitrogen and oxygen atoms in total. The van der Waals surface area contributed by atoms with Crippen LogP contribution in [0.15, 0.2) is 41.3 Å². The minimum absolute atomic E-state index is 0.0783. The number of nitrogens with zero attached hydrogens (tertiary/aromatic N) is 4. The third-order valence-electron chi connectivity index (χ3n) is 5.48. The monoisotopic (exact) mass is 460 g/mol. The number of carbonyl (C=O) groups excluding carboxylic acids is 1. The van der Waals surface area contributed by atoms with E-state index >= 15 is 0 Å². The van der Waals surface area contributed by atoms with Crippen LogP contribution in [0.3, 0.4) is 0 Å². The summed E-state index contributed by atoms with van der Waals surface area (Å²) >= 11 is 0. The summed E-state index contributed by atoms with van der Waals surface area (Å²) in [5, 5.41) is 21.5. The van der Waals surface area contributed by atoms with Crippen molar-refractivity contribution in [2.24, 2.45) is 5.92 Å². The first-order valence-corrected chi connectivity index (χ1v) is 11.4. The molecular formula is C24H36N4O5. The zero-order valence-corrected chi connectivity index (χ0v) is 20.0. The lowest BCUT2D eigenvalue weighted by molar-refractivity contribution is -0.141. The molecule has 0 aliphatic heterocycles.